The Hall–Kier alpha value is -4.23. The summed E-state index contributed by atoms with van der Waals surface area (Å²) in [6.45, 7) is 1.96. The lowest BCUT2D eigenvalue weighted by atomic mass is 10.1. The second kappa shape index (κ2) is 9.95. The fourth-order valence-corrected chi connectivity index (χ4v) is 4.23. The highest BCUT2D eigenvalue weighted by molar-refractivity contribution is 6.01. The molecule has 35 heavy (non-hydrogen) atoms. The van der Waals surface area contributed by atoms with Gasteiger partial charge in [-0.15, -0.1) is 0 Å². The van der Waals surface area contributed by atoms with Gasteiger partial charge in [0.25, 0.3) is 5.56 Å². The van der Waals surface area contributed by atoms with Gasteiger partial charge in [0.2, 0.25) is 0 Å². The molecule has 0 spiro atoms. The number of carbonyl (C=O) groups excluding carboxylic acids is 1. The van der Waals surface area contributed by atoms with E-state index < -0.39 is 22.8 Å². The summed E-state index contributed by atoms with van der Waals surface area (Å²) in [6, 6.07) is 15.4. The molecule has 2 heterocycles. The number of anilines is 2. The second-order valence-electron chi connectivity index (χ2n) is 8.44. The van der Waals surface area contributed by atoms with Crippen molar-refractivity contribution in [1.29, 1.82) is 5.26 Å². The number of nitrogens with zero attached hydrogens (tertiary/aromatic N) is 5. The third kappa shape index (κ3) is 4.85. The van der Waals surface area contributed by atoms with Gasteiger partial charge in [0.1, 0.15) is 17.2 Å². The van der Waals surface area contributed by atoms with E-state index in [1.54, 1.807) is 12.1 Å². The Morgan fingerprint density at radius 1 is 1.09 bits per heavy atom. The Balaban J connectivity index is 1.50. The van der Waals surface area contributed by atoms with Crippen molar-refractivity contribution in [2.24, 2.45) is 7.05 Å². The fourth-order valence-electron chi connectivity index (χ4n) is 4.23. The average Bonchev–Trinajstić information content (AvgIpc) is 2.86. The number of hydrogen-bond donors (Lipinski definition) is 1. The maximum absolute atomic E-state index is 14.4. The molecular formula is C25H25FN6O3. The number of nitriles is 1. The molecule has 3 aromatic rings. The van der Waals surface area contributed by atoms with Crippen LogP contribution in [0.5, 0.6) is 0 Å². The van der Waals surface area contributed by atoms with E-state index in [1.165, 1.54) is 17.7 Å². The van der Waals surface area contributed by atoms with E-state index >= 15 is 0 Å². The van der Waals surface area contributed by atoms with Crippen molar-refractivity contribution >= 4 is 17.3 Å². The van der Waals surface area contributed by atoms with E-state index in [0.717, 1.165) is 10.1 Å². The quantitative estimate of drug-likeness (QED) is 0.531. The summed E-state index contributed by atoms with van der Waals surface area (Å²) in [6.07, 6.45) is 0. The monoisotopic (exact) mass is 476 g/mol. The lowest BCUT2D eigenvalue weighted by molar-refractivity contribution is 0.0924. The molecule has 1 saturated heterocycles. The zero-order valence-electron chi connectivity index (χ0n) is 19.3. The molecule has 1 aliphatic heterocycles. The molecule has 0 saturated carbocycles. The molecule has 0 aliphatic carbocycles. The summed E-state index contributed by atoms with van der Waals surface area (Å²) in [7, 11) is 1.33. The van der Waals surface area contributed by atoms with Crippen molar-refractivity contribution < 1.29 is 9.18 Å². The first kappa shape index (κ1) is 23.9. The highest BCUT2D eigenvalue weighted by Gasteiger charge is 2.26. The molecule has 4 rings (SSSR count). The van der Waals surface area contributed by atoms with Gasteiger partial charge in [-0.2, -0.15) is 5.26 Å². The number of nitrogen functional groups attached to an aromatic ring is 1. The summed E-state index contributed by atoms with van der Waals surface area (Å²) in [5.74, 6) is -1.08. The Kier molecular flexibility index (Phi) is 6.80. The van der Waals surface area contributed by atoms with Crippen LogP contribution in [0.3, 0.4) is 0 Å². The number of rotatable bonds is 6. The van der Waals surface area contributed by atoms with Crippen molar-refractivity contribution in [3.05, 3.63) is 91.9 Å². The Morgan fingerprint density at radius 3 is 2.40 bits per heavy atom. The molecule has 2 aromatic carbocycles. The van der Waals surface area contributed by atoms with E-state index in [2.05, 4.69) is 0 Å². The predicted octanol–water partition coefficient (Wildman–Crippen LogP) is 1.19. The van der Waals surface area contributed by atoms with Crippen LogP contribution in [0.4, 0.5) is 15.9 Å². The molecule has 10 heteroatoms. The maximum Gasteiger partial charge on any atom is 0.332 e. The van der Waals surface area contributed by atoms with Gasteiger partial charge in [-0.05, 0) is 23.8 Å². The Bertz CT molecular complexity index is 1420. The van der Waals surface area contributed by atoms with Crippen molar-refractivity contribution in [3.63, 3.8) is 0 Å². The van der Waals surface area contributed by atoms with Crippen molar-refractivity contribution in [3.8, 4) is 6.07 Å². The average molecular weight is 477 g/mol. The van der Waals surface area contributed by atoms with E-state index in [1.807, 2.05) is 46.2 Å². The third-order valence-corrected chi connectivity index (χ3v) is 6.20. The molecule has 0 amide bonds. The van der Waals surface area contributed by atoms with Gasteiger partial charge in [0.15, 0.2) is 5.78 Å². The normalized spacial score (nSPS) is 14.0. The topological polar surface area (TPSA) is 117 Å². The van der Waals surface area contributed by atoms with Crippen LogP contribution < -0.4 is 21.9 Å². The van der Waals surface area contributed by atoms with Gasteiger partial charge in [0, 0.05) is 33.2 Å². The number of benzene rings is 2. The van der Waals surface area contributed by atoms with Crippen molar-refractivity contribution in [2.45, 2.75) is 6.54 Å². The van der Waals surface area contributed by atoms with Crippen LogP contribution in [-0.2, 0) is 13.6 Å². The zero-order valence-corrected chi connectivity index (χ0v) is 19.3. The molecule has 1 fully saturated rings. The molecule has 180 valence electrons. The highest BCUT2D eigenvalue weighted by atomic mass is 19.1. The standard InChI is InChI=1S/C25H25FN6O3/c1-29-24(34)22(23(28)32(25(29)35)15-17-5-3-2-4-6-17)21(33)16-30-9-11-31(12-10-30)20-8-7-18(14-27)13-19(20)26/h2-8,13H,9-12,15-16,28H2,1H3. The number of carbonyl (C=O) groups is 1. The molecular weight excluding hydrogens is 451 g/mol. The van der Waals surface area contributed by atoms with Crippen LogP contribution in [0.25, 0.3) is 0 Å². The van der Waals surface area contributed by atoms with Gasteiger partial charge in [-0.3, -0.25) is 23.6 Å². The lowest BCUT2D eigenvalue weighted by Gasteiger charge is -2.35. The minimum atomic E-state index is -0.722. The van der Waals surface area contributed by atoms with Gasteiger partial charge in [-0.1, -0.05) is 30.3 Å². The maximum atomic E-state index is 14.4. The molecule has 1 aromatic heterocycles. The number of aromatic nitrogens is 2. The first-order valence-corrected chi connectivity index (χ1v) is 11.1. The molecule has 0 unspecified atom stereocenters. The molecule has 0 atom stereocenters. The summed E-state index contributed by atoms with van der Waals surface area (Å²) >= 11 is 0. The minimum absolute atomic E-state index is 0.0489. The SMILES string of the molecule is Cn1c(=O)c(C(=O)CN2CCN(c3ccc(C#N)cc3F)CC2)c(N)n(Cc2ccccc2)c1=O. The van der Waals surface area contributed by atoms with Crippen LogP contribution in [0.2, 0.25) is 0 Å². The first-order valence-electron chi connectivity index (χ1n) is 11.1. The number of halogens is 1. The Labute approximate surface area is 201 Å². The molecule has 1 aliphatic rings. The fraction of sp³-hybridized carbons (Fsp3) is 0.280. The van der Waals surface area contributed by atoms with Gasteiger partial charge in [0.05, 0.1) is 30.4 Å². The summed E-state index contributed by atoms with van der Waals surface area (Å²) in [5, 5.41) is 8.92. The smallest absolute Gasteiger partial charge is 0.332 e. The minimum Gasteiger partial charge on any atom is -0.384 e. The Morgan fingerprint density at radius 2 is 1.77 bits per heavy atom. The predicted molar refractivity (Wildman–Crippen MR) is 130 cm³/mol. The van der Waals surface area contributed by atoms with Gasteiger partial charge in [-0.25, -0.2) is 9.18 Å². The summed E-state index contributed by atoms with van der Waals surface area (Å²) in [5.41, 5.74) is 6.13. The highest BCUT2D eigenvalue weighted by Crippen LogP contribution is 2.22. The van der Waals surface area contributed by atoms with Crippen LogP contribution in [0, 0.1) is 17.1 Å². The number of Topliss-reactive ketones (excluding diaryl/α,β-unsaturated/α-hetero) is 1. The van der Waals surface area contributed by atoms with Crippen LogP contribution >= 0.6 is 0 Å². The number of piperazine rings is 1. The number of nitrogens with two attached hydrogens (primary N) is 1. The first-order chi connectivity index (χ1) is 16.8. The van der Waals surface area contributed by atoms with Crippen molar-refractivity contribution in [2.75, 3.05) is 43.4 Å². The number of ketones is 1. The summed E-state index contributed by atoms with van der Waals surface area (Å²) < 4.78 is 16.5. The van der Waals surface area contributed by atoms with Crippen LogP contribution in [0.1, 0.15) is 21.5 Å². The zero-order chi connectivity index (χ0) is 25.1. The number of hydrogen-bond acceptors (Lipinski definition) is 7. The molecule has 0 bridgehead atoms. The van der Waals surface area contributed by atoms with E-state index in [-0.39, 0.29) is 30.0 Å². The van der Waals surface area contributed by atoms with E-state index in [4.69, 9.17) is 11.0 Å². The van der Waals surface area contributed by atoms with E-state index in [9.17, 15) is 18.8 Å². The molecule has 9 nitrogen and oxygen atoms in total. The van der Waals surface area contributed by atoms with Gasteiger partial charge < -0.3 is 10.6 Å². The second-order valence-corrected chi connectivity index (χ2v) is 8.44. The van der Waals surface area contributed by atoms with E-state index in [0.29, 0.717) is 31.9 Å². The molecule has 2 N–H and O–H groups in total. The molecule has 0 radical (unpaired) electrons. The van der Waals surface area contributed by atoms with Gasteiger partial charge >= 0.3 is 5.69 Å². The van der Waals surface area contributed by atoms with Crippen molar-refractivity contribution in [1.82, 2.24) is 14.0 Å². The third-order valence-electron chi connectivity index (χ3n) is 6.20. The lowest BCUT2D eigenvalue weighted by Crippen LogP contribution is -2.49. The van der Waals surface area contributed by atoms with Crippen LogP contribution in [0.15, 0.2) is 58.1 Å². The largest absolute Gasteiger partial charge is 0.384 e. The summed E-state index contributed by atoms with van der Waals surface area (Å²) in [4.78, 5) is 42.3. The van der Waals surface area contributed by atoms with Crippen LogP contribution in [-0.4, -0.2) is 52.5 Å².